The lowest BCUT2D eigenvalue weighted by atomic mass is 10.1. The molecule has 134 valence electrons. The van der Waals surface area contributed by atoms with Crippen molar-refractivity contribution in [2.45, 2.75) is 20.5 Å². The highest BCUT2D eigenvalue weighted by molar-refractivity contribution is 5.85. The number of rotatable bonds is 6. The molecule has 0 atom stereocenters. The number of ether oxygens (including phenoxy) is 2. The first-order chi connectivity index (χ1) is 12.6. The second-order valence-corrected chi connectivity index (χ2v) is 5.98. The summed E-state index contributed by atoms with van der Waals surface area (Å²) in [6.45, 7) is 4.36. The molecular weight excluding hydrogens is 328 g/mol. The van der Waals surface area contributed by atoms with Gasteiger partial charge in [-0.05, 0) is 31.5 Å². The van der Waals surface area contributed by atoms with E-state index in [1.165, 1.54) is 10.2 Å². The molecule has 0 fully saturated rings. The molecule has 0 amide bonds. The van der Waals surface area contributed by atoms with Gasteiger partial charge in [0.05, 0.1) is 25.2 Å². The number of para-hydroxylation sites is 1. The average molecular weight is 350 g/mol. The van der Waals surface area contributed by atoms with E-state index >= 15 is 0 Å². The molecule has 3 rings (SSSR count). The van der Waals surface area contributed by atoms with E-state index in [0.717, 1.165) is 16.8 Å². The van der Waals surface area contributed by atoms with Crippen molar-refractivity contribution in [2.24, 2.45) is 5.10 Å². The third-order valence-electron chi connectivity index (χ3n) is 3.89. The van der Waals surface area contributed by atoms with E-state index in [2.05, 4.69) is 29.1 Å². The third kappa shape index (κ3) is 4.03. The van der Waals surface area contributed by atoms with Gasteiger partial charge >= 0.3 is 0 Å². The van der Waals surface area contributed by atoms with Crippen molar-refractivity contribution >= 4 is 12.2 Å². The first-order valence-corrected chi connectivity index (χ1v) is 8.28. The highest BCUT2D eigenvalue weighted by atomic mass is 16.5. The highest BCUT2D eigenvalue weighted by Gasteiger charge is 2.10. The fraction of sp³-hybridized carbons (Fsp3) is 0.200. The van der Waals surface area contributed by atoms with Crippen LogP contribution in [0.1, 0.15) is 22.4 Å². The Hall–Kier alpha value is -3.28. The monoisotopic (exact) mass is 350 g/mol. The zero-order valence-corrected chi connectivity index (χ0v) is 15.1. The lowest BCUT2D eigenvalue weighted by Gasteiger charge is -2.13. The van der Waals surface area contributed by atoms with E-state index < -0.39 is 0 Å². The molecule has 2 N–H and O–H groups in total. The lowest BCUT2D eigenvalue weighted by molar-refractivity contribution is 0.284. The van der Waals surface area contributed by atoms with Gasteiger partial charge in [0.25, 0.3) is 0 Å². The summed E-state index contributed by atoms with van der Waals surface area (Å²) >= 11 is 0. The number of hydrogen-bond donors (Lipinski definition) is 1. The predicted molar refractivity (Wildman–Crippen MR) is 103 cm³/mol. The third-order valence-corrected chi connectivity index (χ3v) is 3.89. The molecule has 0 radical (unpaired) electrons. The summed E-state index contributed by atoms with van der Waals surface area (Å²) in [5.74, 6) is 1.62. The van der Waals surface area contributed by atoms with Crippen LogP contribution in [0, 0.1) is 13.8 Å². The van der Waals surface area contributed by atoms with Crippen molar-refractivity contribution in [3.63, 3.8) is 0 Å². The van der Waals surface area contributed by atoms with Gasteiger partial charge in [0.1, 0.15) is 6.61 Å². The summed E-state index contributed by atoms with van der Waals surface area (Å²) in [5, 5.41) is 4.37. The summed E-state index contributed by atoms with van der Waals surface area (Å²) in [7, 11) is 1.62. The molecule has 0 aliphatic heterocycles. The van der Waals surface area contributed by atoms with Crippen LogP contribution in [0.25, 0.3) is 0 Å². The van der Waals surface area contributed by atoms with Crippen LogP contribution in [0.5, 0.6) is 11.5 Å². The molecular formula is C20H22N4O2. The number of hydrogen-bond acceptors (Lipinski definition) is 5. The highest BCUT2D eigenvalue weighted by Crippen LogP contribution is 2.31. The van der Waals surface area contributed by atoms with Gasteiger partial charge in [0.2, 0.25) is 5.95 Å². The minimum Gasteiger partial charge on any atom is -0.493 e. The Morgan fingerprint density at radius 1 is 1.15 bits per heavy atom. The Balaban J connectivity index is 1.85. The number of nitrogen functional groups attached to an aromatic ring is 1. The molecule has 0 saturated carbocycles. The minimum atomic E-state index is 0.337. The standard InChI is InChI=1S/C20H22N4O2/c1-14-7-9-16(10-8-14)13-26-19-17(5-4-6-18(19)25-3)11-22-24-12-15(2)23-20(24)21/h4-12H,13H2,1-3H3,(H2,21,23). The van der Waals surface area contributed by atoms with Gasteiger partial charge in [-0.25, -0.2) is 9.66 Å². The van der Waals surface area contributed by atoms with Crippen LogP contribution in [-0.4, -0.2) is 23.0 Å². The molecule has 2 aromatic carbocycles. The number of benzene rings is 2. The van der Waals surface area contributed by atoms with Crippen LogP contribution in [0.3, 0.4) is 0 Å². The second kappa shape index (κ2) is 7.74. The summed E-state index contributed by atoms with van der Waals surface area (Å²) in [6, 6.07) is 13.9. The molecule has 1 heterocycles. The smallest absolute Gasteiger partial charge is 0.221 e. The molecule has 6 heteroatoms. The number of anilines is 1. The molecule has 3 aromatic rings. The van der Waals surface area contributed by atoms with E-state index in [0.29, 0.717) is 24.1 Å². The van der Waals surface area contributed by atoms with Gasteiger partial charge < -0.3 is 15.2 Å². The maximum absolute atomic E-state index is 6.04. The van der Waals surface area contributed by atoms with E-state index in [4.69, 9.17) is 15.2 Å². The van der Waals surface area contributed by atoms with Gasteiger partial charge in [-0.2, -0.15) is 5.10 Å². The minimum absolute atomic E-state index is 0.337. The fourth-order valence-corrected chi connectivity index (χ4v) is 2.51. The van der Waals surface area contributed by atoms with Gasteiger partial charge in [0, 0.05) is 5.56 Å². The molecule has 6 nitrogen and oxygen atoms in total. The van der Waals surface area contributed by atoms with E-state index in [1.807, 2.05) is 37.3 Å². The van der Waals surface area contributed by atoms with E-state index in [9.17, 15) is 0 Å². The summed E-state index contributed by atoms with van der Waals surface area (Å²) < 4.78 is 13.0. The van der Waals surface area contributed by atoms with Gasteiger partial charge in [-0.1, -0.05) is 35.9 Å². The number of methoxy groups -OCH3 is 1. The quantitative estimate of drug-likeness (QED) is 0.690. The van der Waals surface area contributed by atoms with E-state index in [-0.39, 0.29) is 0 Å². The van der Waals surface area contributed by atoms with Crippen LogP contribution in [-0.2, 0) is 6.61 Å². The van der Waals surface area contributed by atoms with Crippen LogP contribution >= 0.6 is 0 Å². The van der Waals surface area contributed by atoms with Gasteiger partial charge in [-0.15, -0.1) is 0 Å². The predicted octanol–water partition coefficient (Wildman–Crippen LogP) is 3.55. The topological polar surface area (TPSA) is 74.7 Å². The van der Waals surface area contributed by atoms with Crippen molar-refractivity contribution in [1.82, 2.24) is 9.66 Å². The Morgan fingerprint density at radius 3 is 2.58 bits per heavy atom. The Kier molecular flexibility index (Phi) is 5.22. The number of nitrogens with two attached hydrogens (primary N) is 1. The van der Waals surface area contributed by atoms with Crippen LogP contribution in [0.2, 0.25) is 0 Å². The Labute approximate surface area is 152 Å². The van der Waals surface area contributed by atoms with Crippen LogP contribution in [0.4, 0.5) is 5.95 Å². The zero-order valence-electron chi connectivity index (χ0n) is 15.1. The van der Waals surface area contributed by atoms with Gasteiger partial charge in [-0.3, -0.25) is 0 Å². The molecule has 1 aromatic heterocycles. The average Bonchev–Trinajstić information content (AvgIpc) is 2.96. The van der Waals surface area contributed by atoms with E-state index in [1.54, 1.807) is 19.5 Å². The summed E-state index contributed by atoms with van der Waals surface area (Å²) in [4.78, 5) is 4.13. The molecule has 0 aliphatic carbocycles. The zero-order chi connectivity index (χ0) is 18.5. The maximum atomic E-state index is 6.04. The number of aromatic nitrogens is 2. The number of aryl methyl sites for hydroxylation is 2. The first kappa shape index (κ1) is 17.5. The first-order valence-electron chi connectivity index (χ1n) is 8.28. The summed E-state index contributed by atoms with van der Waals surface area (Å²) in [6.07, 6.45) is 3.45. The second-order valence-electron chi connectivity index (χ2n) is 5.98. The molecule has 0 bridgehead atoms. The fourth-order valence-electron chi connectivity index (χ4n) is 2.51. The number of imidazole rings is 1. The molecule has 0 saturated heterocycles. The molecule has 0 unspecified atom stereocenters. The maximum Gasteiger partial charge on any atom is 0.221 e. The normalized spacial score (nSPS) is 11.0. The van der Waals surface area contributed by atoms with Crippen LogP contribution < -0.4 is 15.2 Å². The van der Waals surface area contributed by atoms with Crippen molar-refractivity contribution < 1.29 is 9.47 Å². The lowest BCUT2D eigenvalue weighted by Crippen LogP contribution is -2.02. The largest absolute Gasteiger partial charge is 0.493 e. The molecule has 0 spiro atoms. The van der Waals surface area contributed by atoms with Crippen molar-refractivity contribution in [2.75, 3.05) is 12.8 Å². The van der Waals surface area contributed by atoms with Crippen molar-refractivity contribution in [3.8, 4) is 11.5 Å². The summed E-state index contributed by atoms with van der Waals surface area (Å²) in [5.41, 5.74) is 9.73. The Bertz CT molecular complexity index is 914. The molecule has 26 heavy (non-hydrogen) atoms. The van der Waals surface area contributed by atoms with Gasteiger partial charge in [0.15, 0.2) is 11.5 Å². The van der Waals surface area contributed by atoms with Crippen molar-refractivity contribution in [1.29, 1.82) is 0 Å². The van der Waals surface area contributed by atoms with Crippen LogP contribution in [0.15, 0.2) is 53.8 Å². The SMILES string of the molecule is COc1cccc(C=Nn2cc(C)nc2N)c1OCc1ccc(C)cc1. The molecule has 0 aliphatic rings. The van der Waals surface area contributed by atoms with Crippen molar-refractivity contribution in [3.05, 3.63) is 71.0 Å². The number of nitrogens with zero attached hydrogens (tertiary/aromatic N) is 3. The Morgan fingerprint density at radius 2 is 1.92 bits per heavy atom.